The van der Waals surface area contributed by atoms with Crippen LogP contribution in [-0.4, -0.2) is 27.2 Å². The molecule has 7 heteroatoms. The number of nitrogens with zero attached hydrogens (tertiary/aromatic N) is 2. The van der Waals surface area contributed by atoms with Gasteiger partial charge in [0.1, 0.15) is 11.2 Å². The Morgan fingerprint density at radius 3 is 2.58 bits per heavy atom. The third-order valence-corrected chi connectivity index (χ3v) is 5.62. The van der Waals surface area contributed by atoms with Crippen molar-refractivity contribution in [3.63, 3.8) is 0 Å². The summed E-state index contributed by atoms with van der Waals surface area (Å²) < 4.78 is 28.2. The maximum atomic E-state index is 12.6. The van der Waals surface area contributed by atoms with E-state index in [0.717, 1.165) is 17.5 Å². The van der Waals surface area contributed by atoms with Gasteiger partial charge in [0, 0.05) is 17.8 Å². The fourth-order valence-electron chi connectivity index (χ4n) is 2.78. The smallest absolute Gasteiger partial charge is 0.285 e. The molecule has 0 atom stereocenters. The Bertz CT molecular complexity index is 997. The van der Waals surface area contributed by atoms with Crippen molar-refractivity contribution in [2.24, 2.45) is 4.40 Å². The van der Waals surface area contributed by atoms with E-state index in [0.29, 0.717) is 17.9 Å². The molecule has 1 aliphatic heterocycles. The van der Waals surface area contributed by atoms with Crippen LogP contribution < -0.4 is 10.2 Å². The zero-order valence-electron chi connectivity index (χ0n) is 15.0. The molecule has 1 heterocycles. The quantitative estimate of drug-likeness (QED) is 0.892. The van der Waals surface area contributed by atoms with Crippen LogP contribution >= 0.6 is 0 Å². The van der Waals surface area contributed by atoms with E-state index < -0.39 is 10.0 Å². The number of sulfonamides is 1. The summed E-state index contributed by atoms with van der Waals surface area (Å²) in [6, 6.07) is 10.3. The molecule has 136 valence electrons. The molecule has 6 nitrogen and oxygen atoms in total. The highest BCUT2D eigenvalue weighted by Gasteiger charge is 2.26. The van der Waals surface area contributed by atoms with Gasteiger partial charge < -0.3 is 10.2 Å². The number of aryl methyl sites for hydroxylation is 2. The summed E-state index contributed by atoms with van der Waals surface area (Å²) in [5, 5.41) is 2.81. The molecule has 26 heavy (non-hydrogen) atoms. The van der Waals surface area contributed by atoms with Crippen LogP contribution in [-0.2, 0) is 10.0 Å². The van der Waals surface area contributed by atoms with Crippen LogP contribution in [0.4, 0.5) is 11.4 Å². The first-order chi connectivity index (χ1) is 12.3. The second-order valence-corrected chi connectivity index (χ2v) is 7.93. The molecule has 1 aliphatic rings. The number of hydrogen-bond acceptors (Lipinski definition) is 4. The summed E-state index contributed by atoms with van der Waals surface area (Å²) in [7, 11) is -3.79. The number of nitrogens with one attached hydrogen (secondary N) is 1. The lowest BCUT2D eigenvalue weighted by molar-refractivity contribution is 0.102. The average Bonchev–Trinajstić information content (AvgIpc) is 2.60. The molecule has 0 saturated carbocycles. The summed E-state index contributed by atoms with van der Waals surface area (Å²) in [4.78, 5) is 14.4. The lowest BCUT2D eigenvalue weighted by atomic mass is 10.1. The predicted octanol–water partition coefficient (Wildman–Crippen LogP) is 3.50. The van der Waals surface area contributed by atoms with E-state index >= 15 is 0 Å². The molecule has 0 aliphatic carbocycles. The van der Waals surface area contributed by atoms with Crippen molar-refractivity contribution in [1.82, 2.24) is 0 Å². The Kier molecular flexibility index (Phi) is 4.82. The number of hydrogen-bond donors (Lipinski definition) is 1. The van der Waals surface area contributed by atoms with Crippen LogP contribution in [0.5, 0.6) is 0 Å². The fourth-order valence-corrected chi connectivity index (χ4v) is 3.86. The van der Waals surface area contributed by atoms with E-state index in [4.69, 9.17) is 0 Å². The molecule has 3 rings (SSSR count). The zero-order chi connectivity index (χ0) is 18.9. The van der Waals surface area contributed by atoms with Gasteiger partial charge in [-0.2, -0.15) is 8.42 Å². The van der Waals surface area contributed by atoms with Gasteiger partial charge in [0.15, 0.2) is 0 Å². The zero-order valence-corrected chi connectivity index (χ0v) is 15.8. The summed E-state index contributed by atoms with van der Waals surface area (Å²) in [6.07, 6.45) is 2.18. The monoisotopic (exact) mass is 371 g/mol. The van der Waals surface area contributed by atoms with Crippen LogP contribution in [0.3, 0.4) is 0 Å². The molecule has 0 aromatic heterocycles. The number of anilines is 2. The summed E-state index contributed by atoms with van der Waals surface area (Å²) in [6.45, 7) is 6.62. The molecule has 0 fully saturated rings. The molecule has 0 saturated heterocycles. The van der Waals surface area contributed by atoms with Crippen molar-refractivity contribution in [3.8, 4) is 0 Å². The third kappa shape index (κ3) is 3.48. The first-order valence-electron chi connectivity index (χ1n) is 8.41. The van der Waals surface area contributed by atoms with E-state index in [1.54, 1.807) is 17.0 Å². The fraction of sp³-hybridized carbons (Fsp3) is 0.263. The molecule has 2 aromatic rings. The summed E-state index contributed by atoms with van der Waals surface area (Å²) >= 11 is 0. The summed E-state index contributed by atoms with van der Waals surface area (Å²) in [5.41, 5.74) is 3.70. The number of carbonyl (C=O) groups is 1. The van der Waals surface area contributed by atoms with Crippen molar-refractivity contribution in [2.45, 2.75) is 32.1 Å². The first-order valence-corrected chi connectivity index (χ1v) is 9.85. The van der Waals surface area contributed by atoms with Crippen molar-refractivity contribution in [1.29, 1.82) is 0 Å². The predicted molar refractivity (Wildman–Crippen MR) is 104 cm³/mol. The molecule has 0 spiro atoms. The van der Waals surface area contributed by atoms with Gasteiger partial charge in [-0.1, -0.05) is 13.0 Å². The van der Waals surface area contributed by atoms with Crippen LogP contribution in [0, 0.1) is 13.8 Å². The summed E-state index contributed by atoms with van der Waals surface area (Å²) in [5.74, 6) is -0.358. The number of amides is 1. The largest absolute Gasteiger partial charge is 0.331 e. The van der Waals surface area contributed by atoms with Crippen LogP contribution in [0.15, 0.2) is 45.7 Å². The minimum atomic E-state index is -3.79. The molecular weight excluding hydrogens is 350 g/mol. The van der Waals surface area contributed by atoms with Gasteiger partial charge in [-0.25, -0.2) is 0 Å². The molecule has 0 bridgehead atoms. The maximum absolute atomic E-state index is 12.6. The number of rotatable bonds is 4. The van der Waals surface area contributed by atoms with Crippen molar-refractivity contribution < 1.29 is 13.2 Å². The van der Waals surface area contributed by atoms with Crippen LogP contribution in [0.25, 0.3) is 0 Å². The molecule has 0 unspecified atom stereocenters. The van der Waals surface area contributed by atoms with E-state index in [9.17, 15) is 13.2 Å². The van der Waals surface area contributed by atoms with E-state index in [2.05, 4.69) is 9.71 Å². The number of fused-ring (bicyclic) bond motifs is 1. The Morgan fingerprint density at radius 2 is 1.88 bits per heavy atom. The number of carbonyl (C=O) groups excluding carboxylic acids is 1. The van der Waals surface area contributed by atoms with Gasteiger partial charge in [-0.15, -0.1) is 4.40 Å². The van der Waals surface area contributed by atoms with Gasteiger partial charge in [0.25, 0.3) is 15.9 Å². The SMILES string of the molecule is CCCN1C=NS(=O)(=O)c2cc(C(=O)Nc3ccc(C)c(C)c3)ccc21. The third-order valence-electron chi connectivity index (χ3n) is 4.36. The molecular formula is C19H21N3O3S. The average molecular weight is 371 g/mol. The second-order valence-electron chi connectivity index (χ2n) is 6.33. The maximum Gasteiger partial charge on any atom is 0.285 e. The van der Waals surface area contributed by atoms with Crippen molar-refractivity contribution >= 4 is 33.6 Å². The van der Waals surface area contributed by atoms with Gasteiger partial charge in [-0.3, -0.25) is 4.79 Å². The normalized spacial score (nSPS) is 14.8. The van der Waals surface area contributed by atoms with Crippen LogP contribution in [0.1, 0.15) is 34.8 Å². The molecule has 1 N–H and O–H groups in total. The molecule has 2 aromatic carbocycles. The minimum absolute atomic E-state index is 0.0567. The second kappa shape index (κ2) is 6.92. The van der Waals surface area contributed by atoms with Crippen LogP contribution in [0.2, 0.25) is 0 Å². The van der Waals surface area contributed by atoms with E-state index in [1.807, 2.05) is 39.0 Å². The van der Waals surface area contributed by atoms with Gasteiger partial charge >= 0.3 is 0 Å². The first kappa shape index (κ1) is 18.1. The lowest BCUT2D eigenvalue weighted by Crippen LogP contribution is -2.28. The number of benzene rings is 2. The van der Waals surface area contributed by atoms with Crippen molar-refractivity contribution in [3.05, 3.63) is 53.1 Å². The standard InChI is InChI=1S/C19H21N3O3S/c1-4-9-22-12-20-26(24,25)18-11-15(6-8-17(18)22)19(23)21-16-7-5-13(2)14(3)10-16/h5-8,10-12H,4,9H2,1-3H3,(H,21,23). The highest BCUT2D eigenvalue weighted by Crippen LogP contribution is 2.31. The van der Waals surface area contributed by atoms with E-state index in [-0.39, 0.29) is 16.4 Å². The molecule has 1 amide bonds. The van der Waals surface area contributed by atoms with E-state index in [1.165, 1.54) is 12.4 Å². The Hall–Kier alpha value is -2.67. The van der Waals surface area contributed by atoms with Gasteiger partial charge in [-0.05, 0) is 61.7 Å². The van der Waals surface area contributed by atoms with Gasteiger partial charge in [0.05, 0.1) is 5.69 Å². The molecule has 0 radical (unpaired) electrons. The Labute approximate surface area is 153 Å². The highest BCUT2D eigenvalue weighted by molar-refractivity contribution is 7.90. The Morgan fingerprint density at radius 1 is 1.12 bits per heavy atom. The highest BCUT2D eigenvalue weighted by atomic mass is 32.2. The lowest BCUT2D eigenvalue weighted by Gasteiger charge is -2.25. The Balaban J connectivity index is 1.92. The minimum Gasteiger partial charge on any atom is -0.331 e. The van der Waals surface area contributed by atoms with Gasteiger partial charge in [0.2, 0.25) is 0 Å². The topological polar surface area (TPSA) is 78.8 Å². The van der Waals surface area contributed by atoms with Crippen molar-refractivity contribution in [2.75, 3.05) is 16.8 Å².